The van der Waals surface area contributed by atoms with E-state index >= 15 is 0 Å². The third-order valence-corrected chi connectivity index (χ3v) is 5.15. The monoisotopic (exact) mass is 266 g/mol. The second kappa shape index (κ2) is 6.55. The molecule has 1 heterocycles. The van der Waals surface area contributed by atoms with Crippen LogP contribution in [-0.2, 0) is 4.74 Å². The van der Waals surface area contributed by atoms with Gasteiger partial charge < -0.3 is 15.0 Å². The molecule has 1 saturated heterocycles. The summed E-state index contributed by atoms with van der Waals surface area (Å²) >= 11 is 0. The molecule has 1 aliphatic heterocycles. The minimum absolute atomic E-state index is 0.724. The Labute approximate surface area is 118 Å². The van der Waals surface area contributed by atoms with E-state index in [1.54, 1.807) is 0 Å². The average Bonchev–Trinajstić information content (AvgIpc) is 3.13. The largest absolute Gasteiger partial charge is 0.380 e. The molecule has 2 aliphatic carbocycles. The molecule has 19 heavy (non-hydrogen) atoms. The fourth-order valence-corrected chi connectivity index (χ4v) is 3.80. The van der Waals surface area contributed by atoms with Crippen molar-refractivity contribution in [3.05, 3.63) is 0 Å². The van der Waals surface area contributed by atoms with Crippen molar-refractivity contribution in [3.8, 4) is 0 Å². The van der Waals surface area contributed by atoms with E-state index in [0.29, 0.717) is 0 Å². The van der Waals surface area contributed by atoms with Gasteiger partial charge in [-0.15, -0.1) is 0 Å². The van der Waals surface area contributed by atoms with E-state index in [-0.39, 0.29) is 0 Å². The van der Waals surface area contributed by atoms with Crippen molar-refractivity contribution in [2.45, 2.75) is 57.0 Å². The Balaban J connectivity index is 1.29. The highest BCUT2D eigenvalue weighted by Crippen LogP contribution is 2.33. The first-order valence-electron chi connectivity index (χ1n) is 8.33. The molecule has 0 radical (unpaired) electrons. The van der Waals surface area contributed by atoms with Gasteiger partial charge in [0.15, 0.2) is 0 Å². The van der Waals surface area contributed by atoms with E-state index in [1.165, 1.54) is 51.5 Å². The molecule has 0 aromatic rings. The maximum absolute atomic E-state index is 5.73. The van der Waals surface area contributed by atoms with Crippen molar-refractivity contribution in [2.24, 2.45) is 11.8 Å². The first-order chi connectivity index (χ1) is 9.31. The van der Waals surface area contributed by atoms with Crippen molar-refractivity contribution >= 4 is 0 Å². The molecular formula is C16H30N2O. The van der Waals surface area contributed by atoms with Gasteiger partial charge in [-0.2, -0.15) is 0 Å². The Bertz CT molecular complexity index is 266. The van der Waals surface area contributed by atoms with Crippen LogP contribution >= 0.6 is 0 Å². The van der Waals surface area contributed by atoms with Crippen LogP contribution in [0.15, 0.2) is 0 Å². The second-order valence-electron chi connectivity index (χ2n) is 7.03. The molecule has 3 atom stereocenters. The third-order valence-electron chi connectivity index (χ3n) is 5.15. The SMILES string of the molecule is CN(CCOCC1CC1)CC1CC2CCCCC2N1. The summed E-state index contributed by atoms with van der Waals surface area (Å²) in [5, 5.41) is 3.86. The topological polar surface area (TPSA) is 24.5 Å². The van der Waals surface area contributed by atoms with Gasteiger partial charge in [-0.05, 0) is 51.0 Å². The summed E-state index contributed by atoms with van der Waals surface area (Å²) in [7, 11) is 2.24. The Morgan fingerprint density at radius 3 is 2.79 bits per heavy atom. The number of hydrogen-bond donors (Lipinski definition) is 1. The summed E-state index contributed by atoms with van der Waals surface area (Å²) in [5.41, 5.74) is 0. The van der Waals surface area contributed by atoms with E-state index < -0.39 is 0 Å². The van der Waals surface area contributed by atoms with E-state index in [4.69, 9.17) is 4.74 Å². The van der Waals surface area contributed by atoms with Crippen molar-refractivity contribution in [2.75, 3.05) is 33.4 Å². The summed E-state index contributed by atoms with van der Waals surface area (Å²) in [6.45, 7) is 4.19. The number of ether oxygens (including phenoxy) is 1. The molecule has 3 heteroatoms. The third kappa shape index (κ3) is 4.17. The fourth-order valence-electron chi connectivity index (χ4n) is 3.80. The van der Waals surface area contributed by atoms with Gasteiger partial charge in [-0.3, -0.25) is 0 Å². The Hall–Kier alpha value is -0.120. The van der Waals surface area contributed by atoms with Crippen LogP contribution in [0.4, 0.5) is 0 Å². The highest BCUT2D eigenvalue weighted by atomic mass is 16.5. The lowest BCUT2D eigenvalue weighted by Crippen LogP contribution is -2.40. The number of likely N-dealkylation sites (N-methyl/N-ethyl adjacent to an activating group) is 1. The van der Waals surface area contributed by atoms with Gasteiger partial charge in [0.1, 0.15) is 0 Å². The van der Waals surface area contributed by atoms with Crippen LogP contribution < -0.4 is 5.32 Å². The quantitative estimate of drug-likeness (QED) is 0.715. The molecular weight excluding hydrogens is 236 g/mol. The van der Waals surface area contributed by atoms with Gasteiger partial charge >= 0.3 is 0 Å². The lowest BCUT2D eigenvalue weighted by atomic mass is 9.85. The first kappa shape index (κ1) is 13.8. The number of fused-ring (bicyclic) bond motifs is 1. The smallest absolute Gasteiger partial charge is 0.0593 e. The van der Waals surface area contributed by atoms with Gasteiger partial charge in [0.25, 0.3) is 0 Å². The molecule has 3 aliphatic rings. The van der Waals surface area contributed by atoms with Crippen molar-refractivity contribution in [1.29, 1.82) is 0 Å². The van der Waals surface area contributed by atoms with Gasteiger partial charge in [-0.25, -0.2) is 0 Å². The van der Waals surface area contributed by atoms with E-state index in [2.05, 4.69) is 17.3 Å². The molecule has 110 valence electrons. The normalized spacial score (nSPS) is 34.7. The molecule has 3 nitrogen and oxygen atoms in total. The Kier molecular flexibility index (Phi) is 4.78. The zero-order valence-corrected chi connectivity index (χ0v) is 12.4. The maximum Gasteiger partial charge on any atom is 0.0593 e. The summed E-state index contributed by atoms with van der Waals surface area (Å²) in [6.07, 6.45) is 9.96. The Morgan fingerprint density at radius 1 is 1.16 bits per heavy atom. The second-order valence-corrected chi connectivity index (χ2v) is 7.03. The molecule has 0 aromatic carbocycles. The summed E-state index contributed by atoms with van der Waals surface area (Å²) in [6, 6.07) is 1.56. The summed E-state index contributed by atoms with van der Waals surface area (Å²) in [5.74, 6) is 1.86. The lowest BCUT2D eigenvalue weighted by molar-refractivity contribution is 0.101. The van der Waals surface area contributed by atoms with Crippen molar-refractivity contribution in [3.63, 3.8) is 0 Å². The molecule has 1 N–H and O–H groups in total. The molecule has 3 fully saturated rings. The Morgan fingerprint density at radius 2 is 2.00 bits per heavy atom. The summed E-state index contributed by atoms with van der Waals surface area (Å²) < 4.78 is 5.73. The van der Waals surface area contributed by atoms with Crippen LogP contribution in [0.5, 0.6) is 0 Å². The standard InChI is InChI=1S/C16H30N2O/c1-18(8-9-19-12-13-6-7-13)11-15-10-14-4-2-3-5-16(14)17-15/h13-17H,2-12H2,1H3. The average molecular weight is 266 g/mol. The van der Waals surface area contributed by atoms with Crippen LogP contribution in [0.25, 0.3) is 0 Å². The zero-order valence-electron chi connectivity index (χ0n) is 12.4. The van der Waals surface area contributed by atoms with Crippen LogP contribution in [0, 0.1) is 11.8 Å². The van der Waals surface area contributed by atoms with Gasteiger partial charge in [0.2, 0.25) is 0 Å². The van der Waals surface area contributed by atoms with Crippen LogP contribution in [0.3, 0.4) is 0 Å². The lowest BCUT2D eigenvalue weighted by Gasteiger charge is -2.24. The predicted molar refractivity (Wildman–Crippen MR) is 78.3 cm³/mol. The molecule has 3 unspecified atom stereocenters. The molecule has 0 amide bonds. The molecule has 0 bridgehead atoms. The number of nitrogens with one attached hydrogen (secondary N) is 1. The van der Waals surface area contributed by atoms with E-state index in [9.17, 15) is 0 Å². The van der Waals surface area contributed by atoms with Crippen LogP contribution in [0.2, 0.25) is 0 Å². The van der Waals surface area contributed by atoms with Crippen LogP contribution in [-0.4, -0.2) is 50.3 Å². The van der Waals surface area contributed by atoms with Gasteiger partial charge in [0, 0.05) is 31.8 Å². The first-order valence-corrected chi connectivity index (χ1v) is 8.33. The zero-order chi connectivity index (χ0) is 13.1. The van der Waals surface area contributed by atoms with E-state index in [0.717, 1.165) is 43.7 Å². The molecule has 2 saturated carbocycles. The summed E-state index contributed by atoms with van der Waals surface area (Å²) in [4.78, 5) is 2.45. The molecule has 3 rings (SSSR count). The highest BCUT2D eigenvalue weighted by molar-refractivity contribution is 4.93. The molecule has 0 spiro atoms. The fraction of sp³-hybridized carbons (Fsp3) is 1.00. The van der Waals surface area contributed by atoms with Gasteiger partial charge in [0.05, 0.1) is 6.61 Å². The number of nitrogens with zero attached hydrogens (tertiary/aromatic N) is 1. The minimum atomic E-state index is 0.724. The van der Waals surface area contributed by atoms with Crippen molar-refractivity contribution in [1.82, 2.24) is 10.2 Å². The van der Waals surface area contributed by atoms with Gasteiger partial charge in [-0.1, -0.05) is 12.8 Å². The molecule has 0 aromatic heterocycles. The maximum atomic E-state index is 5.73. The predicted octanol–water partition coefficient (Wildman–Crippen LogP) is 2.27. The minimum Gasteiger partial charge on any atom is -0.380 e. The highest BCUT2D eigenvalue weighted by Gasteiger charge is 2.35. The van der Waals surface area contributed by atoms with Crippen LogP contribution in [0.1, 0.15) is 44.9 Å². The van der Waals surface area contributed by atoms with E-state index in [1.807, 2.05) is 0 Å². The van der Waals surface area contributed by atoms with Crippen molar-refractivity contribution < 1.29 is 4.74 Å². The number of hydrogen-bond acceptors (Lipinski definition) is 3. The number of rotatable bonds is 7.